The van der Waals surface area contributed by atoms with Crippen LogP contribution in [0, 0.1) is 0 Å². The first-order chi connectivity index (χ1) is 12.7. The Balaban J connectivity index is 7.40. The van der Waals surface area contributed by atoms with Gasteiger partial charge in [-0.3, -0.25) is 0 Å². The lowest BCUT2D eigenvalue weighted by Gasteiger charge is -2.65. The van der Waals surface area contributed by atoms with Gasteiger partial charge in [0.05, 0.1) is 0 Å². The van der Waals surface area contributed by atoms with Gasteiger partial charge in [-0.15, -0.1) is 22.2 Å². The van der Waals surface area contributed by atoms with Crippen LogP contribution >= 0.6 is 22.2 Å². The van der Waals surface area contributed by atoms with Crippen LogP contribution in [0.25, 0.3) is 0 Å². The second-order valence-electron chi connectivity index (χ2n) is 10.8. The maximum absolute atomic E-state index is 6.96. The maximum atomic E-state index is 6.96. The molecule has 0 heterocycles. The van der Waals surface area contributed by atoms with Gasteiger partial charge in [-0.1, -0.05) is 96.4 Å². The summed E-state index contributed by atoms with van der Waals surface area (Å²) in [6.45, 7) is 32.3. The van der Waals surface area contributed by atoms with Gasteiger partial charge in [-0.25, -0.2) is 0 Å². The van der Waals surface area contributed by atoms with E-state index >= 15 is 0 Å². The zero-order valence-electron chi connectivity index (χ0n) is 21.2. The Morgan fingerprint density at radius 3 is 1.00 bits per heavy atom. The zero-order valence-corrected chi connectivity index (χ0v) is 25.9. The highest BCUT2D eigenvalue weighted by Gasteiger charge is 2.61. The number of hydrogen-bond donors (Lipinski definition) is 0. The molecule has 0 radical (unpaired) electrons. The Bertz CT molecular complexity index is 376. The van der Waals surface area contributed by atoms with Crippen LogP contribution in [0.4, 0.5) is 0 Å². The van der Waals surface area contributed by atoms with Crippen molar-refractivity contribution in [2.45, 2.75) is 142 Å². The smallest absolute Gasteiger partial charge is 0.252 e. The fraction of sp³-hybridized carbons (Fsp3) is 1.00. The van der Waals surface area contributed by atoms with Gasteiger partial charge in [0.1, 0.15) is 16.5 Å². The van der Waals surface area contributed by atoms with Crippen LogP contribution in [0.2, 0.25) is 33.2 Å². The van der Waals surface area contributed by atoms with Gasteiger partial charge in [0.25, 0.3) is 7.42 Å². The van der Waals surface area contributed by atoms with E-state index in [2.05, 4.69) is 94.2 Å². The van der Waals surface area contributed by atoms with Crippen LogP contribution in [0.1, 0.15) is 103 Å². The summed E-state index contributed by atoms with van der Waals surface area (Å²) in [5.74, 6) is 0. The molecule has 28 heavy (non-hydrogen) atoms. The molecule has 1 nitrogen and oxygen atoms in total. The minimum absolute atomic E-state index is 0.408. The lowest BCUT2D eigenvalue weighted by Crippen LogP contribution is -2.77. The third-order valence-electron chi connectivity index (χ3n) is 7.59. The molecule has 0 N–H and O–H groups in total. The SMILES string of the molecule is CCCC(N([Si](C(C)C)(C(C)C)C(C)C)[Si](C(C)C)(C(C)C)C(C)C)[SiH](Cl)Cl. The second kappa shape index (κ2) is 11.7. The van der Waals surface area contributed by atoms with Crippen molar-refractivity contribution < 1.29 is 0 Å². The Morgan fingerprint density at radius 2 is 0.857 bits per heavy atom. The van der Waals surface area contributed by atoms with Gasteiger partial charge < -0.3 is 4.23 Å². The van der Waals surface area contributed by atoms with Crippen molar-refractivity contribution in [2.75, 3.05) is 0 Å². The fourth-order valence-corrected chi connectivity index (χ4v) is 33.1. The van der Waals surface area contributed by atoms with E-state index in [9.17, 15) is 0 Å². The van der Waals surface area contributed by atoms with Crippen molar-refractivity contribution in [2.24, 2.45) is 0 Å². The maximum Gasteiger partial charge on any atom is 0.252 e. The number of nitrogens with zero attached hydrogens (tertiary/aromatic N) is 1. The number of hydrogen-bond acceptors (Lipinski definition) is 1. The molecule has 6 heteroatoms. The highest BCUT2D eigenvalue weighted by Crippen LogP contribution is 2.55. The Morgan fingerprint density at radius 1 is 0.607 bits per heavy atom. The van der Waals surface area contributed by atoms with E-state index in [1.807, 2.05) is 0 Å². The summed E-state index contributed by atoms with van der Waals surface area (Å²) in [5.41, 5.74) is 4.55. The summed E-state index contributed by atoms with van der Waals surface area (Å²) in [5, 5.41) is 0. The first-order valence-electron chi connectivity index (χ1n) is 11.8. The Labute approximate surface area is 191 Å². The lowest BCUT2D eigenvalue weighted by atomic mass is 10.3. The molecular weight excluding hydrogens is 433 g/mol. The Hall–Kier alpha value is 1.19. The van der Waals surface area contributed by atoms with Crippen molar-refractivity contribution >= 4 is 46.0 Å². The molecular formula is C22H51Cl2NSi3. The lowest BCUT2D eigenvalue weighted by molar-refractivity contribution is 0.444. The summed E-state index contributed by atoms with van der Waals surface area (Å²) >= 11 is 13.9. The second-order valence-corrected chi connectivity index (χ2v) is 27.6. The molecule has 0 aliphatic rings. The van der Waals surface area contributed by atoms with Crippen molar-refractivity contribution in [3.05, 3.63) is 0 Å². The topological polar surface area (TPSA) is 3.24 Å². The molecule has 0 aromatic rings. The molecule has 1 unspecified atom stereocenters. The highest BCUT2D eigenvalue weighted by molar-refractivity contribution is 7.34. The summed E-state index contributed by atoms with van der Waals surface area (Å²) in [6.07, 6.45) is 2.33. The monoisotopic (exact) mass is 483 g/mol. The third kappa shape index (κ3) is 5.15. The predicted octanol–water partition coefficient (Wildman–Crippen LogP) is 9.05. The molecule has 0 fully saturated rings. The van der Waals surface area contributed by atoms with Crippen LogP contribution in [-0.2, 0) is 0 Å². The summed E-state index contributed by atoms with van der Waals surface area (Å²) in [6, 6.07) is 0. The van der Waals surface area contributed by atoms with Crippen LogP contribution in [0.3, 0.4) is 0 Å². The van der Waals surface area contributed by atoms with Crippen LogP contribution < -0.4 is 0 Å². The molecule has 0 saturated carbocycles. The first kappa shape index (κ1) is 29.2. The average Bonchev–Trinajstić information content (AvgIpc) is 2.50. The zero-order chi connectivity index (χ0) is 22.6. The minimum Gasteiger partial charge on any atom is -0.342 e. The molecule has 0 rings (SSSR count). The van der Waals surface area contributed by atoms with Gasteiger partial charge in [-0.2, -0.15) is 0 Å². The van der Waals surface area contributed by atoms with E-state index in [0.29, 0.717) is 38.9 Å². The highest BCUT2D eigenvalue weighted by atomic mass is 35.7. The van der Waals surface area contributed by atoms with Crippen LogP contribution in [0.15, 0.2) is 0 Å². The van der Waals surface area contributed by atoms with E-state index < -0.39 is 23.9 Å². The number of halogens is 2. The molecule has 0 aliphatic carbocycles. The van der Waals surface area contributed by atoms with Crippen molar-refractivity contribution in [1.82, 2.24) is 4.23 Å². The normalized spacial score (nSPS) is 15.5. The molecule has 0 aromatic heterocycles. The quantitative estimate of drug-likeness (QED) is 0.197. The fourth-order valence-electron chi connectivity index (χ4n) is 7.24. The molecule has 0 amide bonds. The van der Waals surface area contributed by atoms with Crippen molar-refractivity contribution in [3.8, 4) is 0 Å². The van der Waals surface area contributed by atoms with Crippen molar-refractivity contribution in [1.29, 1.82) is 0 Å². The van der Waals surface area contributed by atoms with E-state index in [-0.39, 0.29) is 0 Å². The molecule has 0 aromatic carbocycles. The largest absolute Gasteiger partial charge is 0.342 e. The van der Waals surface area contributed by atoms with Gasteiger partial charge in [0.2, 0.25) is 0 Å². The van der Waals surface area contributed by atoms with Crippen molar-refractivity contribution in [3.63, 3.8) is 0 Å². The standard InChI is InChI=1S/C22H51Cl2NSi3/c1-14-15-22(26(23)24)25(27(16(2)3,17(4)5)18(6)7)28(19(8)9,20(10)11)21(12)13/h16-22,26H,14-15H2,1-13H3. The van der Waals surface area contributed by atoms with Crippen LogP contribution in [0.5, 0.6) is 0 Å². The third-order valence-corrected chi connectivity index (χ3v) is 26.9. The van der Waals surface area contributed by atoms with E-state index in [1.165, 1.54) is 6.42 Å². The molecule has 1 atom stereocenters. The Kier molecular flexibility index (Phi) is 12.2. The molecule has 170 valence electrons. The molecule has 0 aliphatic heterocycles. The summed E-state index contributed by atoms with van der Waals surface area (Å²) in [4.78, 5) is 0. The van der Waals surface area contributed by atoms with Gasteiger partial charge in [-0.05, 0) is 39.7 Å². The van der Waals surface area contributed by atoms with E-state index in [1.54, 1.807) is 0 Å². The van der Waals surface area contributed by atoms with E-state index in [0.717, 1.165) is 6.42 Å². The summed E-state index contributed by atoms with van der Waals surface area (Å²) < 4.78 is 3.22. The minimum atomic E-state index is -1.88. The molecule has 0 bridgehead atoms. The molecule has 0 spiro atoms. The molecule has 0 saturated heterocycles. The number of rotatable bonds is 12. The van der Waals surface area contributed by atoms with Gasteiger partial charge in [0.15, 0.2) is 0 Å². The summed E-state index contributed by atoms with van der Waals surface area (Å²) in [7, 11) is -5.63. The predicted molar refractivity (Wildman–Crippen MR) is 141 cm³/mol. The van der Waals surface area contributed by atoms with Gasteiger partial charge in [0, 0.05) is 5.67 Å². The average molecular weight is 485 g/mol. The van der Waals surface area contributed by atoms with Crippen LogP contribution in [-0.4, -0.2) is 33.8 Å². The first-order valence-corrected chi connectivity index (χ1v) is 20.3. The van der Waals surface area contributed by atoms with E-state index in [4.69, 9.17) is 22.2 Å². The van der Waals surface area contributed by atoms with Gasteiger partial charge >= 0.3 is 0 Å².